The molecule has 2 nitrogen and oxygen atoms in total. The molecule has 0 aliphatic carbocycles. The van der Waals surface area contributed by atoms with Gasteiger partial charge in [-0.05, 0) is 42.8 Å². The van der Waals surface area contributed by atoms with E-state index in [0.717, 1.165) is 18.2 Å². The lowest BCUT2D eigenvalue weighted by Crippen LogP contribution is -2.06. The Balaban J connectivity index is 2.19. The number of ketones is 1. The molecule has 0 atom stereocenters. The Kier molecular flexibility index (Phi) is 4.45. The van der Waals surface area contributed by atoms with Crippen molar-refractivity contribution >= 4 is 5.78 Å². The summed E-state index contributed by atoms with van der Waals surface area (Å²) in [6, 6.07) is 9.75. The third-order valence-electron chi connectivity index (χ3n) is 2.83. The van der Waals surface area contributed by atoms with Crippen LogP contribution in [0.3, 0.4) is 0 Å². The van der Waals surface area contributed by atoms with Gasteiger partial charge in [-0.1, -0.05) is 12.1 Å². The number of Topliss-reactive ketones (excluding diaryl/α,β-unsaturated/α-hetero) is 1. The van der Waals surface area contributed by atoms with Crippen molar-refractivity contribution in [1.29, 1.82) is 0 Å². The van der Waals surface area contributed by atoms with Crippen molar-refractivity contribution < 1.29 is 18.3 Å². The van der Waals surface area contributed by atoms with Crippen LogP contribution in [0.2, 0.25) is 0 Å². The molecule has 20 heavy (non-hydrogen) atoms. The minimum atomic E-state index is -0.583. The minimum absolute atomic E-state index is 0.0526. The monoisotopic (exact) mass is 276 g/mol. The highest BCUT2D eigenvalue weighted by Gasteiger charge is 2.12. The Labute approximate surface area is 116 Å². The number of rotatable bonds is 5. The van der Waals surface area contributed by atoms with Crippen LogP contribution in [0.5, 0.6) is 5.75 Å². The van der Waals surface area contributed by atoms with E-state index in [9.17, 15) is 13.6 Å². The second kappa shape index (κ2) is 6.28. The summed E-state index contributed by atoms with van der Waals surface area (Å²) in [5.41, 5.74) is 0.469. The molecule has 0 aliphatic rings. The SMILES string of the molecule is CCOc1cccc(C(=O)Cc2cc(F)ccc2F)c1. The fourth-order valence-corrected chi connectivity index (χ4v) is 1.88. The molecule has 0 fully saturated rings. The van der Waals surface area contributed by atoms with Crippen LogP contribution < -0.4 is 4.74 Å². The van der Waals surface area contributed by atoms with Crippen molar-refractivity contribution in [2.24, 2.45) is 0 Å². The van der Waals surface area contributed by atoms with Gasteiger partial charge in [-0.15, -0.1) is 0 Å². The van der Waals surface area contributed by atoms with E-state index in [1.165, 1.54) is 0 Å². The summed E-state index contributed by atoms with van der Waals surface area (Å²) < 4.78 is 31.9. The largest absolute Gasteiger partial charge is 0.494 e. The zero-order valence-electron chi connectivity index (χ0n) is 11.0. The molecule has 0 heterocycles. The molecule has 0 aromatic heterocycles. The zero-order chi connectivity index (χ0) is 14.5. The predicted octanol–water partition coefficient (Wildman–Crippen LogP) is 3.79. The first-order valence-electron chi connectivity index (χ1n) is 6.30. The number of benzene rings is 2. The standard InChI is InChI=1S/C16H14F2O2/c1-2-20-14-5-3-4-11(9-14)16(19)10-12-8-13(17)6-7-15(12)18/h3-9H,2,10H2,1H3. The van der Waals surface area contributed by atoms with Gasteiger partial charge in [0.25, 0.3) is 0 Å². The molecular formula is C16H14F2O2. The van der Waals surface area contributed by atoms with Gasteiger partial charge in [-0.25, -0.2) is 8.78 Å². The quantitative estimate of drug-likeness (QED) is 0.777. The molecule has 0 saturated carbocycles. The minimum Gasteiger partial charge on any atom is -0.494 e. The third-order valence-corrected chi connectivity index (χ3v) is 2.83. The molecule has 0 unspecified atom stereocenters. The van der Waals surface area contributed by atoms with Crippen molar-refractivity contribution in [1.82, 2.24) is 0 Å². The number of ether oxygens (including phenoxy) is 1. The van der Waals surface area contributed by atoms with Gasteiger partial charge in [-0.2, -0.15) is 0 Å². The second-order valence-corrected chi connectivity index (χ2v) is 4.30. The normalized spacial score (nSPS) is 10.3. The number of hydrogen-bond donors (Lipinski definition) is 0. The van der Waals surface area contributed by atoms with E-state index in [1.807, 2.05) is 6.92 Å². The molecule has 0 saturated heterocycles. The highest BCUT2D eigenvalue weighted by Crippen LogP contribution is 2.17. The van der Waals surface area contributed by atoms with Gasteiger partial charge in [-0.3, -0.25) is 4.79 Å². The molecule has 0 bridgehead atoms. The van der Waals surface area contributed by atoms with E-state index in [4.69, 9.17) is 4.74 Å². The van der Waals surface area contributed by atoms with Crippen LogP contribution in [0.1, 0.15) is 22.8 Å². The summed E-state index contributed by atoms with van der Waals surface area (Å²) in [4.78, 5) is 12.1. The molecule has 104 valence electrons. The highest BCUT2D eigenvalue weighted by molar-refractivity contribution is 5.97. The summed E-state index contributed by atoms with van der Waals surface area (Å²) in [7, 11) is 0. The molecular weight excluding hydrogens is 262 g/mol. The molecule has 0 spiro atoms. The van der Waals surface area contributed by atoms with Crippen molar-refractivity contribution in [3.63, 3.8) is 0 Å². The van der Waals surface area contributed by atoms with Gasteiger partial charge in [0.2, 0.25) is 0 Å². The number of halogens is 2. The Hall–Kier alpha value is -2.23. The average molecular weight is 276 g/mol. The molecule has 2 aromatic carbocycles. The summed E-state index contributed by atoms with van der Waals surface area (Å²) in [6.45, 7) is 2.34. The lowest BCUT2D eigenvalue weighted by molar-refractivity contribution is 0.0991. The van der Waals surface area contributed by atoms with Crippen molar-refractivity contribution in [3.8, 4) is 5.75 Å². The van der Waals surface area contributed by atoms with E-state index in [-0.39, 0.29) is 17.8 Å². The van der Waals surface area contributed by atoms with Crippen LogP contribution in [0.25, 0.3) is 0 Å². The molecule has 0 aliphatic heterocycles. The first kappa shape index (κ1) is 14.2. The maximum atomic E-state index is 13.5. The summed E-state index contributed by atoms with van der Waals surface area (Å²) in [5.74, 6) is -0.841. The number of hydrogen-bond acceptors (Lipinski definition) is 2. The smallest absolute Gasteiger partial charge is 0.167 e. The summed E-state index contributed by atoms with van der Waals surface area (Å²) in [6.07, 6.45) is -0.181. The zero-order valence-corrected chi connectivity index (χ0v) is 11.0. The van der Waals surface area contributed by atoms with E-state index >= 15 is 0 Å². The van der Waals surface area contributed by atoms with Gasteiger partial charge in [0.15, 0.2) is 5.78 Å². The predicted molar refractivity (Wildman–Crippen MR) is 72.0 cm³/mol. The van der Waals surface area contributed by atoms with Crippen LogP contribution in [-0.4, -0.2) is 12.4 Å². The summed E-state index contributed by atoms with van der Waals surface area (Å²) >= 11 is 0. The first-order chi connectivity index (χ1) is 9.60. The Morgan fingerprint density at radius 1 is 1.15 bits per heavy atom. The van der Waals surface area contributed by atoms with Crippen molar-refractivity contribution in [2.75, 3.05) is 6.61 Å². The summed E-state index contributed by atoms with van der Waals surface area (Å²) in [5, 5.41) is 0. The molecule has 2 aromatic rings. The van der Waals surface area contributed by atoms with E-state index < -0.39 is 11.6 Å². The maximum absolute atomic E-state index is 13.5. The van der Waals surface area contributed by atoms with Crippen LogP contribution in [0, 0.1) is 11.6 Å². The van der Waals surface area contributed by atoms with Gasteiger partial charge in [0, 0.05) is 12.0 Å². The van der Waals surface area contributed by atoms with Gasteiger partial charge in [0.1, 0.15) is 17.4 Å². The third kappa shape index (κ3) is 3.41. The first-order valence-corrected chi connectivity index (χ1v) is 6.30. The lowest BCUT2D eigenvalue weighted by Gasteiger charge is -2.06. The van der Waals surface area contributed by atoms with E-state index in [0.29, 0.717) is 17.9 Å². The van der Waals surface area contributed by atoms with Gasteiger partial charge >= 0.3 is 0 Å². The number of carbonyl (C=O) groups is 1. The fourth-order valence-electron chi connectivity index (χ4n) is 1.88. The van der Waals surface area contributed by atoms with Crippen LogP contribution >= 0.6 is 0 Å². The maximum Gasteiger partial charge on any atom is 0.167 e. The van der Waals surface area contributed by atoms with Crippen LogP contribution in [0.4, 0.5) is 8.78 Å². The van der Waals surface area contributed by atoms with E-state index in [2.05, 4.69) is 0 Å². The topological polar surface area (TPSA) is 26.3 Å². The molecule has 2 rings (SSSR count). The number of carbonyl (C=O) groups excluding carboxylic acids is 1. The van der Waals surface area contributed by atoms with E-state index in [1.54, 1.807) is 24.3 Å². The highest BCUT2D eigenvalue weighted by atomic mass is 19.1. The van der Waals surface area contributed by atoms with Gasteiger partial charge in [0.05, 0.1) is 6.61 Å². The lowest BCUT2D eigenvalue weighted by atomic mass is 10.0. The Morgan fingerprint density at radius 2 is 1.95 bits per heavy atom. The van der Waals surface area contributed by atoms with Crippen molar-refractivity contribution in [2.45, 2.75) is 13.3 Å². The molecule has 0 radical (unpaired) electrons. The van der Waals surface area contributed by atoms with Crippen LogP contribution in [-0.2, 0) is 6.42 Å². The Morgan fingerprint density at radius 3 is 2.70 bits per heavy atom. The Bertz CT molecular complexity index is 624. The molecule has 0 amide bonds. The fraction of sp³-hybridized carbons (Fsp3) is 0.188. The molecule has 0 N–H and O–H groups in total. The van der Waals surface area contributed by atoms with Gasteiger partial charge < -0.3 is 4.74 Å². The second-order valence-electron chi connectivity index (χ2n) is 4.30. The van der Waals surface area contributed by atoms with Crippen LogP contribution in [0.15, 0.2) is 42.5 Å². The van der Waals surface area contributed by atoms with Crippen molar-refractivity contribution in [3.05, 3.63) is 65.2 Å². The molecule has 4 heteroatoms. The average Bonchev–Trinajstić information content (AvgIpc) is 2.43.